The molecule has 0 aliphatic heterocycles. The van der Waals surface area contributed by atoms with Crippen molar-refractivity contribution in [2.45, 2.75) is 65.0 Å². The number of likely N-dealkylation sites (N-methyl/N-ethyl adjacent to an activating group) is 1. The Kier molecular flexibility index (Phi) is 6.99. The van der Waals surface area contributed by atoms with Crippen LogP contribution in [0.2, 0.25) is 0 Å². The Hall–Kier alpha value is -2.37. The van der Waals surface area contributed by atoms with Crippen molar-refractivity contribution in [3.8, 4) is 0 Å². The average Bonchev–Trinajstić information content (AvgIpc) is 3.06. The molecule has 1 aliphatic carbocycles. The number of rotatable bonds is 7. The molecule has 2 rings (SSSR count). The summed E-state index contributed by atoms with van der Waals surface area (Å²) in [6.45, 7) is 7.90. The van der Waals surface area contributed by atoms with Crippen LogP contribution in [-0.2, 0) is 24.1 Å². The summed E-state index contributed by atoms with van der Waals surface area (Å²) >= 11 is 0. The van der Waals surface area contributed by atoms with Gasteiger partial charge in [-0.3, -0.25) is 4.79 Å². The van der Waals surface area contributed by atoms with Gasteiger partial charge in [-0.05, 0) is 59.2 Å². The van der Waals surface area contributed by atoms with E-state index in [9.17, 15) is 4.79 Å². The van der Waals surface area contributed by atoms with Crippen LogP contribution in [0.25, 0.3) is 0 Å². The van der Waals surface area contributed by atoms with Gasteiger partial charge in [0.05, 0.1) is 0 Å². The molecule has 27 heavy (non-hydrogen) atoms. The van der Waals surface area contributed by atoms with E-state index in [0.29, 0.717) is 6.42 Å². The van der Waals surface area contributed by atoms with Gasteiger partial charge in [-0.2, -0.15) is 0 Å². The maximum absolute atomic E-state index is 12.6. The summed E-state index contributed by atoms with van der Waals surface area (Å²) in [5.74, 6) is 1.70. The van der Waals surface area contributed by atoms with Gasteiger partial charge in [0.25, 0.3) is 0 Å². The summed E-state index contributed by atoms with van der Waals surface area (Å²) in [7, 11) is 3.82. The van der Waals surface area contributed by atoms with Gasteiger partial charge >= 0.3 is 0 Å². The van der Waals surface area contributed by atoms with Crippen molar-refractivity contribution < 1.29 is 4.79 Å². The Morgan fingerprint density at radius 2 is 2.00 bits per heavy atom. The standard InChI is InChI=1S/C21H33N5O/c1-15(20(27)25-21(2,3)4)26(6)19-16-11-10-12-17(16)23-18(24-19)13-8-7-9-14-22-5/h7-9,14-15,22H,10-13H2,1-6H3,(H,25,27)/b8-7-,14-9-. The summed E-state index contributed by atoms with van der Waals surface area (Å²) in [6.07, 6.45) is 11.6. The first-order valence-corrected chi connectivity index (χ1v) is 9.65. The molecule has 0 radical (unpaired) electrons. The normalized spacial score (nSPS) is 15.2. The van der Waals surface area contributed by atoms with Crippen molar-refractivity contribution >= 4 is 11.7 Å². The Morgan fingerprint density at radius 3 is 2.67 bits per heavy atom. The van der Waals surface area contributed by atoms with E-state index in [0.717, 1.165) is 36.6 Å². The molecule has 1 unspecified atom stereocenters. The molecule has 1 atom stereocenters. The summed E-state index contributed by atoms with van der Waals surface area (Å²) in [6, 6.07) is -0.300. The van der Waals surface area contributed by atoms with Gasteiger partial charge in [-0.15, -0.1) is 0 Å². The van der Waals surface area contributed by atoms with Crippen LogP contribution < -0.4 is 15.5 Å². The van der Waals surface area contributed by atoms with Gasteiger partial charge in [0.1, 0.15) is 17.7 Å². The molecule has 148 valence electrons. The largest absolute Gasteiger partial charge is 0.394 e. The first kappa shape index (κ1) is 20.9. The van der Waals surface area contributed by atoms with Crippen LogP contribution in [0.5, 0.6) is 0 Å². The van der Waals surface area contributed by atoms with Crippen molar-refractivity contribution in [3.05, 3.63) is 41.5 Å². The number of aryl methyl sites for hydroxylation is 1. The molecule has 0 saturated heterocycles. The zero-order chi connectivity index (χ0) is 20.0. The van der Waals surface area contributed by atoms with Crippen molar-refractivity contribution in [1.29, 1.82) is 0 Å². The fourth-order valence-corrected chi connectivity index (χ4v) is 3.08. The molecule has 1 amide bonds. The van der Waals surface area contributed by atoms with Crippen LogP contribution >= 0.6 is 0 Å². The lowest BCUT2D eigenvalue weighted by atomic mass is 10.1. The minimum Gasteiger partial charge on any atom is -0.394 e. The van der Waals surface area contributed by atoms with E-state index in [1.807, 2.05) is 71.1 Å². The van der Waals surface area contributed by atoms with Crippen molar-refractivity contribution in [2.24, 2.45) is 0 Å². The molecule has 1 aliphatic rings. The number of anilines is 1. The SMILES string of the molecule is CN/C=C\C=C/Cc1nc2c(c(N(C)C(C)C(=O)NC(C)(C)C)n1)CCC2. The van der Waals surface area contributed by atoms with Gasteiger partial charge in [0.15, 0.2) is 0 Å². The fourth-order valence-electron chi connectivity index (χ4n) is 3.08. The van der Waals surface area contributed by atoms with E-state index >= 15 is 0 Å². The molecule has 1 aromatic heterocycles. The van der Waals surface area contributed by atoms with Crippen LogP contribution in [0.4, 0.5) is 5.82 Å². The van der Waals surface area contributed by atoms with Crippen LogP contribution in [0.3, 0.4) is 0 Å². The fraction of sp³-hybridized carbons (Fsp3) is 0.571. The molecule has 6 heteroatoms. The molecular weight excluding hydrogens is 338 g/mol. The minimum atomic E-state index is -0.300. The smallest absolute Gasteiger partial charge is 0.242 e. The lowest BCUT2D eigenvalue weighted by molar-refractivity contribution is -0.123. The van der Waals surface area contributed by atoms with Crippen LogP contribution in [0.15, 0.2) is 24.4 Å². The van der Waals surface area contributed by atoms with E-state index in [-0.39, 0.29) is 17.5 Å². The Labute approximate surface area is 163 Å². The molecule has 2 N–H and O–H groups in total. The van der Waals surface area contributed by atoms with E-state index in [4.69, 9.17) is 9.97 Å². The third-order valence-corrected chi connectivity index (χ3v) is 4.56. The highest BCUT2D eigenvalue weighted by molar-refractivity contribution is 5.85. The number of hydrogen-bond donors (Lipinski definition) is 2. The predicted octanol–water partition coefficient (Wildman–Crippen LogP) is 2.54. The third-order valence-electron chi connectivity index (χ3n) is 4.56. The number of allylic oxidation sites excluding steroid dienone is 3. The predicted molar refractivity (Wildman–Crippen MR) is 111 cm³/mol. The van der Waals surface area contributed by atoms with E-state index < -0.39 is 0 Å². The van der Waals surface area contributed by atoms with E-state index in [2.05, 4.69) is 10.6 Å². The Morgan fingerprint density at radius 1 is 1.26 bits per heavy atom. The van der Waals surface area contributed by atoms with Crippen LogP contribution in [0.1, 0.15) is 51.2 Å². The molecule has 1 aromatic rings. The number of aromatic nitrogens is 2. The second kappa shape index (κ2) is 9.02. The molecule has 0 saturated carbocycles. The summed E-state index contributed by atoms with van der Waals surface area (Å²) in [5.41, 5.74) is 2.07. The number of nitrogens with zero attached hydrogens (tertiary/aromatic N) is 3. The van der Waals surface area contributed by atoms with Crippen LogP contribution in [0, 0.1) is 0 Å². The number of hydrogen-bond acceptors (Lipinski definition) is 5. The van der Waals surface area contributed by atoms with Crippen molar-refractivity contribution in [3.63, 3.8) is 0 Å². The van der Waals surface area contributed by atoms with Gasteiger partial charge in [-0.25, -0.2) is 9.97 Å². The molecular formula is C21H33N5O. The number of nitrogens with one attached hydrogen (secondary N) is 2. The first-order valence-electron chi connectivity index (χ1n) is 9.65. The number of carbonyl (C=O) groups excluding carboxylic acids is 1. The monoisotopic (exact) mass is 371 g/mol. The van der Waals surface area contributed by atoms with Gasteiger partial charge in [-0.1, -0.05) is 12.2 Å². The molecule has 6 nitrogen and oxygen atoms in total. The van der Waals surface area contributed by atoms with Gasteiger partial charge in [0, 0.05) is 37.3 Å². The molecule has 0 spiro atoms. The topological polar surface area (TPSA) is 70.2 Å². The van der Waals surface area contributed by atoms with E-state index in [1.165, 1.54) is 5.56 Å². The zero-order valence-electron chi connectivity index (χ0n) is 17.5. The van der Waals surface area contributed by atoms with Gasteiger partial charge in [0.2, 0.25) is 5.91 Å². The molecule has 1 heterocycles. The molecule has 0 fully saturated rings. The number of fused-ring (bicyclic) bond motifs is 1. The average molecular weight is 372 g/mol. The second-order valence-electron chi connectivity index (χ2n) is 8.05. The lowest BCUT2D eigenvalue weighted by Crippen LogP contribution is -2.50. The molecule has 0 bridgehead atoms. The quantitative estimate of drug-likeness (QED) is 0.721. The highest BCUT2D eigenvalue weighted by Gasteiger charge is 2.27. The highest BCUT2D eigenvalue weighted by Crippen LogP contribution is 2.29. The maximum atomic E-state index is 12.6. The second-order valence-corrected chi connectivity index (χ2v) is 8.05. The lowest BCUT2D eigenvalue weighted by Gasteiger charge is -2.30. The minimum absolute atomic E-state index is 0.00834. The van der Waals surface area contributed by atoms with Crippen molar-refractivity contribution in [1.82, 2.24) is 20.6 Å². The Bertz CT molecular complexity index is 718. The summed E-state index contributed by atoms with van der Waals surface area (Å²) in [5, 5.41) is 6.01. The summed E-state index contributed by atoms with van der Waals surface area (Å²) < 4.78 is 0. The number of carbonyl (C=O) groups is 1. The van der Waals surface area contributed by atoms with E-state index in [1.54, 1.807) is 0 Å². The molecule has 0 aromatic carbocycles. The first-order chi connectivity index (χ1) is 12.7. The van der Waals surface area contributed by atoms with Crippen LogP contribution in [-0.4, -0.2) is 41.6 Å². The summed E-state index contributed by atoms with van der Waals surface area (Å²) in [4.78, 5) is 24.2. The maximum Gasteiger partial charge on any atom is 0.242 e. The van der Waals surface area contributed by atoms with Crippen molar-refractivity contribution in [2.75, 3.05) is 19.0 Å². The highest BCUT2D eigenvalue weighted by atomic mass is 16.2. The zero-order valence-corrected chi connectivity index (χ0v) is 17.5. The number of amides is 1. The Balaban J connectivity index is 2.23. The third kappa shape index (κ3) is 5.81. The van der Waals surface area contributed by atoms with Gasteiger partial charge < -0.3 is 15.5 Å².